The fraction of sp³-hybridized carbons (Fsp3) is 0.455. The van der Waals surface area contributed by atoms with Crippen molar-refractivity contribution in [2.75, 3.05) is 26.4 Å². The third-order valence-electron chi connectivity index (χ3n) is 3.71. The topological polar surface area (TPSA) is 129 Å². The molecule has 178 valence electrons. The van der Waals surface area contributed by atoms with Gasteiger partial charge in [-0.3, -0.25) is 9.59 Å². The van der Waals surface area contributed by atoms with Crippen LogP contribution < -0.4 is 10.6 Å². The van der Waals surface area contributed by atoms with Crippen molar-refractivity contribution in [3.8, 4) is 0 Å². The van der Waals surface area contributed by atoms with Gasteiger partial charge in [0.1, 0.15) is 0 Å². The molecule has 0 aliphatic rings. The van der Waals surface area contributed by atoms with Crippen molar-refractivity contribution in [3.05, 3.63) is 50.6 Å². The maximum atomic E-state index is 11.8. The van der Waals surface area contributed by atoms with Gasteiger partial charge >= 0.3 is 11.9 Å². The van der Waals surface area contributed by atoms with E-state index < -0.39 is 36.2 Å². The maximum Gasteiger partial charge on any atom is 0.330 e. The Morgan fingerprint density at radius 3 is 1.25 bits per heavy atom. The van der Waals surface area contributed by atoms with Gasteiger partial charge in [-0.25, -0.2) is 9.59 Å². The summed E-state index contributed by atoms with van der Waals surface area (Å²) in [5.41, 5.74) is 0. The fourth-order valence-electron chi connectivity index (χ4n) is 2.10. The van der Waals surface area contributed by atoms with Crippen LogP contribution in [-0.4, -0.2) is 62.6 Å². The molecule has 0 aromatic rings. The Morgan fingerprint density at radius 1 is 0.594 bits per heavy atom. The fourth-order valence-corrected chi connectivity index (χ4v) is 2.10. The van der Waals surface area contributed by atoms with Crippen LogP contribution in [0.2, 0.25) is 0 Å². The molecule has 0 aliphatic heterocycles. The van der Waals surface area contributed by atoms with E-state index >= 15 is 0 Å². The average molecular weight is 453 g/mol. The predicted octanol–water partition coefficient (Wildman–Crippen LogP) is 1.29. The summed E-state index contributed by atoms with van der Waals surface area (Å²) in [4.78, 5) is 45.7. The Hall–Kier alpha value is -3.24. The lowest BCUT2D eigenvalue weighted by atomic mass is 10.3. The molecule has 2 unspecified atom stereocenters. The molecule has 2 N–H and O–H groups in total. The molecule has 2 atom stereocenters. The molecule has 0 radical (unpaired) electrons. The number of rotatable bonds is 19. The van der Waals surface area contributed by atoms with Crippen LogP contribution in [0.3, 0.4) is 0 Å². The molecule has 0 spiro atoms. The second kappa shape index (κ2) is 18.5. The summed E-state index contributed by atoms with van der Waals surface area (Å²) in [7, 11) is 0. The highest BCUT2D eigenvalue weighted by Crippen LogP contribution is 2.05. The number of hydrogen-bond donors (Lipinski definition) is 2. The summed E-state index contributed by atoms with van der Waals surface area (Å²) in [6.45, 7) is 14.2. The van der Waals surface area contributed by atoms with Crippen molar-refractivity contribution in [3.63, 3.8) is 0 Å². The van der Waals surface area contributed by atoms with Gasteiger partial charge in [-0.15, -0.1) is 0 Å². The van der Waals surface area contributed by atoms with Crippen LogP contribution >= 0.6 is 0 Å². The van der Waals surface area contributed by atoms with Crippen LogP contribution in [-0.2, 0) is 38.1 Å². The summed E-state index contributed by atoms with van der Waals surface area (Å²) in [5, 5.41) is 5.11. The Bertz CT molecular complexity index is 606. The Kier molecular flexibility index (Phi) is 16.6. The molecule has 2 amide bonds. The summed E-state index contributed by atoms with van der Waals surface area (Å²) < 4.78 is 21.1. The van der Waals surface area contributed by atoms with Crippen LogP contribution in [0.25, 0.3) is 0 Å². The normalized spacial score (nSPS) is 11.9. The second-order valence-electron chi connectivity index (χ2n) is 6.17. The van der Waals surface area contributed by atoms with Crippen molar-refractivity contribution in [2.45, 2.75) is 38.1 Å². The van der Waals surface area contributed by atoms with Crippen LogP contribution in [0.15, 0.2) is 50.6 Å². The highest BCUT2D eigenvalue weighted by Gasteiger charge is 2.25. The molecule has 0 rings (SSSR count). The van der Waals surface area contributed by atoms with E-state index in [9.17, 15) is 19.2 Å². The van der Waals surface area contributed by atoms with E-state index in [1.54, 1.807) is 0 Å². The molecule has 0 heterocycles. The van der Waals surface area contributed by atoms with Gasteiger partial charge in [0.15, 0.2) is 12.5 Å². The second-order valence-corrected chi connectivity index (χ2v) is 6.17. The zero-order chi connectivity index (χ0) is 24.2. The van der Waals surface area contributed by atoms with Gasteiger partial charge in [0.05, 0.1) is 13.2 Å². The molecular formula is C22H32N2O8. The Balaban J connectivity index is 4.76. The van der Waals surface area contributed by atoms with E-state index in [1.807, 2.05) is 0 Å². The average Bonchev–Trinajstić information content (AvgIpc) is 2.80. The predicted molar refractivity (Wildman–Crippen MR) is 117 cm³/mol. The first-order valence-electron chi connectivity index (χ1n) is 10.0. The van der Waals surface area contributed by atoms with Gasteiger partial charge < -0.3 is 29.6 Å². The van der Waals surface area contributed by atoms with Crippen LogP contribution in [0.4, 0.5) is 0 Å². The van der Waals surface area contributed by atoms with E-state index in [0.717, 1.165) is 24.3 Å². The van der Waals surface area contributed by atoms with Crippen molar-refractivity contribution in [2.24, 2.45) is 0 Å². The smallest absolute Gasteiger partial charge is 0.330 e. The highest BCUT2D eigenvalue weighted by molar-refractivity contribution is 5.88. The van der Waals surface area contributed by atoms with Gasteiger partial charge in [-0.2, -0.15) is 0 Å². The minimum absolute atomic E-state index is 0.190. The molecular weight excluding hydrogens is 420 g/mol. The van der Waals surface area contributed by atoms with Crippen molar-refractivity contribution in [1.82, 2.24) is 10.6 Å². The number of nitrogens with one attached hydrogen (secondary N) is 2. The summed E-state index contributed by atoms with van der Waals surface area (Å²) in [5.74, 6) is -2.07. The molecule has 0 saturated carbocycles. The summed E-state index contributed by atoms with van der Waals surface area (Å²) in [6, 6.07) is 0. The zero-order valence-corrected chi connectivity index (χ0v) is 18.2. The van der Waals surface area contributed by atoms with Crippen LogP contribution in [0.1, 0.15) is 25.7 Å². The van der Waals surface area contributed by atoms with Gasteiger partial charge in [0.2, 0.25) is 11.8 Å². The lowest BCUT2D eigenvalue weighted by molar-refractivity contribution is -0.142. The minimum Gasteiger partial charge on any atom is -0.463 e. The van der Waals surface area contributed by atoms with Gasteiger partial charge in [-0.1, -0.05) is 26.3 Å². The highest BCUT2D eigenvalue weighted by atomic mass is 16.6. The monoisotopic (exact) mass is 452 g/mol. The number of esters is 2. The number of unbranched alkanes of at least 4 members (excludes halogenated alkanes) is 2. The van der Waals surface area contributed by atoms with E-state index in [0.29, 0.717) is 25.7 Å². The van der Waals surface area contributed by atoms with E-state index in [-0.39, 0.29) is 26.4 Å². The molecule has 32 heavy (non-hydrogen) atoms. The lowest BCUT2D eigenvalue weighted by Crippen LogP contribution is -2.54. The minimum atomic E-state index is -1.02. The lowest BCUT2D eigenvalue weighted by Gasteiger charge is -2.28. The quantitative estimate of drug-likeness (QED) is 0.130. The molecule has 0 aromatic carbocycles. The van der Waals surface area contributed by atoms with E-state index in [2.05, 4.69) is 36.9 Å². The number of ether oxygens (including phenoxy) is 4. The molecule has 10 heteroatoms. The van der Waals surface area contributed by atoms with Crippen molar-refractivity contribution in [1.29, 1.82) is 0 Å². The van der Waals surface area contributed by atoms with Gasteiger partial charge in [0.25, 0.3) is 0 Å². The number of carbonyl (C=O) groups is 4. The van der Waals surface area contributed by atoms with Crippen LogP contribution in [0.5, 0.6) is 0 Å². The molecule has 0 bridgehead atoms. The molecule has 10 nitrogen and oxygen atoms in total. The van der Waals surface area contributed by atoms with Gasteiger partial charge in [-0.05, 0) is 37.8 Å². The maximum absolute atomic E-state index is 11.8. The largest absolute Gasteiger partial charge is 0.463 e. The third-order valence-corrected chi connectivity index (χ3v) is 3.71. The zero-order valence-electron chi connectivity index (χ0n) is 18.2. The summed E-state index contributed by atoms with van der Waals surface area (Å²) >= 11 is 0. The number of hydrogen-bond acceptors (Lipinski definition) is 8. The van der Waals surface area contributed by atoms with E-state index in [1.165, 1.54) is 0 Å². The molecule has 0 saturated heterocycles. The molecule has 0 fully saturated rings. The van der Waals surface area contributed by atoms with E-state index in [4.69, 9.17) is 18.9 Å². The van der Waals surface area contributed by atoms with Crippen LogP contribution in [0, 0.1) is 0 Å². The first-order valence-corrected chi connectivity index (χ1v) is 10.0. The molecule has 0 aromatic heterocycles. The molecule has 0 aliphatic carbocycles. The first-order chi connectivity index (χ1) is 15.4. The van der Waals surface area contributed by atoms with Crippen molar-refractivity contribution >= 4 is 23.8 Å². The first kappa shape index (κ1) is 28.8. The number of carbonyl (C=O) groups excluding carboxylic acids is 4. The Labute approximate surface area is 188 Å². The SMILES string of the molecule is C=CC(=O)NC(OCCCCOC(=O)C=C)C(NC(=O)C=C)OCCCCOC(=O)C=C. The number of amides is 2. The third kappa shape index (κ3) is 14.7. The van der Waals surface area contributed by atoms with Gasteiger partial charge in [0, 0.05) is 25.4 Å². The summed E-state index contributed by atoms with van der Waals surface area (Å²) in [6.07, 6.45) is 4.32. The standard InChI is InChI=1S/C22H32N2O8/c1-5-17(25)23-21(31-15-11-9-13-29-19(27)7-3)22(24-18(26)6-2)32-16-12-10-14-30-20(28)8-4/h5-8,21-22H,1-4,9-16H2,(H,23,25)(H,24,26). The van der Waals surface area contributed by atoms with Crippen molar-refractivity contribution < 1.29 is 38.1 Å². The Morgan fingerprint density at radius 2 is 0.938 bits per heavy atom.